The van der Waals surface area contributed by atoms with Crippen molar-refractivity contribution in [2.45, 2.75) is 56.6 Å². The Balaban J connectivity index is 1.24. The monoisotopic (exact) mass is 552 g/mol. The summed E-state index contributed by atoms with van der Waals surface area (Å²) in [6, 6.07) is 4.46. The fourth-order valence-corrected chi connectivity index (χ4v) is 5.46. The molecule has 3 aliphatic rings. The van der Waals surface area contributed by atoms with E-state index in [4.69, 9.17) is 9.47 Å². The summed E-state index contributed by atoms with van der Waals surface area (Å²) in [5.41, 5.74) is 0.902. The van der Waals surface area contributed by atoms with E-state index < -0.39 is 18.3 Å². The van der Waals surface area contributed by atoms with Crippen LogP contribution in [0, 0.1) is 0 Å². The number of thiophene rings is 1. The molecule has 1 aliphatic carbocycles. The second kappa shape index (κ2) is 10.2. The first-order chi connectivity index (χ1) is 16.5. The summed E-state index contributed by atoms with van der Waals surface area (Å²) in [6.45, 7) is 2.53. The third-order valence-electron chi connectivity index (χ3n) is 6.16. The van der Waals surface area contributed by atoms with Crippen LogP contribution < -0.4 is 20.3 Å². The van der Waals surface area contributed by atoms with Gasteiger partial charge in [0.15, 0.2) is 0 Å². The van der Waals surface area contributed by atoms with Gasteiger partial charge in [-0.15, -0.1) is 11.3 Å². The Morgan fingerprint density at radius 1 is 1.35 bits per heavy atom. The van der Waals surface area contributed by atoms with Gasteiger partial charge in [-0.3, -0.25) is 9.59 Å². The Hall–Kier alpha value is -2.24. The summed E-state index contributed by atoms with van der Waals surface area (Å²) < 4.78 is 25.5. The molecule has 2 aromatic heterocycles. The zero-order valence-electron chi connectivity index (χ0n) is 18.5. The van der Waals surface area contributed by atoms with Crippen LogP contribution in [0.4, 0.5) is 10.1 Å². The lowest BCUT2D eigenvalue weighted by atomic mass is 10.1. The number of pyridine rings is 1. The second-order valence-electron chi connectivity index (χ2n) is 8.78. The SMILES string of the molecule is O=C(N[C@@H](CC1CCCO1)C(=O)N[C@@H]1C[C@H]1F)c1ccc(CN2CCOc3ncc(Br)cc32)s1. The van der Waals surface area contributed by atoms with E-state index in [1.807, 2.05) is 12.1 Å². The summed E-state index contributed by atoms with van der Waals surface area (Å²) in [7, 11) is 0. The van der Waals surface area contributed by atoms with Gasteiger partial charge in [-0.2, -0.15) is 0 Å². The van der Waals surface area contributed by atoms with Crippen LogP contribution in [0.15, 0.2) is 28.9 Å². The highest BCUT2D eigenvalue weighted by Gasteiger charge is 2.40. The molecular formula is C23H26BrFN4O4S. The van der Waals surface area contributed by atoms with E-state index in [0.29, 0.717) is 49.9 Å². The number of amides is 2. The predicted octanol–water partition coefficient (Wildman–Crippen LogP) is 3.20. The van der Waals surface area contributed by atoms with E-state index >= 15 is 0 Å². The molecule has 2 fully saturated rings. The Morgan fingerprint density at radius 2 is 2.21 bits per heavy atom. The molecule has 2 aliphatic heterocycles. The molecule has 4 atom stereocenters. The van der Waals surface area contributed by atoms with Crippen LogP contribution in [0.5, 0.6) is 5.88 Å². The highest BCUT2D eigenvalue weighted by atomic mass is 79.9. The van der Waals surface area contributed by atoms with Crippen molar-refractivity contribution in [3.63, 3.8) is 0 Å². The third-order valence-corrected chi connectivity index (χ3v) is 7.66. The zero-order chi connectivity index (χ0) is 23.7. The average molecular weight is 553 g/mol. The number of ether oxygens (including phenoxy) is 2. The molecule has 5 rings (SSSR count). The van der Waals surface area contributed by atoms with E-state index in [1.165, 1.54) is 11.3 Å². The molecule has 2 amide bonds. The van der Waals surface area contributed by atoms with Crippen molar-refractivity contribution in [3.05, 3.63) is 38.6 Å². The lowest BCUT2D eigenvalue weighted by molar-refractivity contribution is -0.124. The van der Waals surface area contributed by atoms with Gasteiger partial charge in [-0.1, -0.05) is 0 Å². The number of fused-ring (bicyclic) bond motifs is 1. The van der Waals surface area contributed by atoms with Gasteiger partial charge in [0.1, 0.15) is 24.5 Å². The molecule has 2 N–H and O–H groups in total. The average Bonchev–Trinajstić information content (AvgIpc) is 3.21. The third kappa shape index (κ3) is 5.52. The number of nitrogens with one attached hydrogen (secondary N) is 2. The molecule has 1 saturated heterocycles. The maximum absolute atomic E-state index is 13.3. The molecular weight excluding hydrogens is 527 g/mol. The van der Waals surface area contributed by atoms with Gasteiger partial charge in [0, 0.05) is 35.0 Å². The molecule has 1 unspecified atom stereocenters. The Labute approximate surface area is 209 Å². The van der Waals surface area contributed by atoms with Crippen molar-refractivity contribution in [2.24, 2.45) is 0 Å². The first-order valence-electron chi connectivity index (χ1n) is 11.4. The van der Waals surface area contributed by atoms with E-state index in [1.54, 1.807) is 12.3 Å². The van der Waals surface area contributed by atoms with Gasteiger partial charge in [0.05, 0.1) is 30.1 Å². The molecule has 0 aromatic carbocycles. The summed E-state index contributed by atoms with van der Waals surface area (Å²) in [6.07, 6.45) is 3.13. The fraction of sp³-hybridized carbons (Fsp3) is 0.522. The van der Waals surface area contributed by atoms with Crippen LogP contribution >= 0.6 is 27.3 Å². The van der Waals surface area contributed by atoms with Gasteiger partial charge in [-0.25, -0.2) is 9.37 Å². The lowest BCUT2D eigenvalue weighted by Gasteiger charge is -2.30. The van der Waals surface area contributed by atoms with Crippen molar-refractivity contribution in [1.29, 1.82) is 0 Å². The number of hydrogen-bond acceptors (Lipinski definition) is 7. The number of carbonyl (C=O) groups is 2. The van der Waals surface area contributed by atoms with Crippen molar-refractivity contribution in [1.82, 2.24) is 15.6 Å². The van der Waals surface area contributed by atoms with E-state index in [9.17, 15) is 14.0 Å². The highest BCUT2D eigenvalue weighted by Crippen LogP contribution is 2.33. The van der Waals surface area contributed by atoms with Crippen molar-refractivity contribution < 1.29 is 23.5 Å². The smallest absolute Gasteiger partial charge is 0.262 e. The molecule has 0 radical (unpaired) electrons. The second-order valence-corrected chi connectivity index (χ2v) is 10.9. The van der Waals surface area contributed by atoms with Gasteiger partial charge in [0.25, 0.3) is 5.91 Å². The molecule has 1 saturated carbocycles. The minimum Gasteiger partial charge on any atom is -0.474 e. The van der Waals surface area contributed by atoms with Gasteiger partial charge in [-0.05, 0) is 47.0 Å². The number of hydrogen-bond donors (Lipinski definition) is 2. The van der Waals surface area contributed by atoms with Crippen molar-refractivity contribution >= 4 is 44.8 Å². The predicted molar refractivity (Wildman–Crippen MR) is 129 cm³/mol. The molecule has 2 aromatic rings. The summed E-state index contributed by atoms with van der Waals surface area (Å²) in [4.78, 5) is 33.8. The summed E-state index contributed by atoms with van der Waals surface area (Å²) in [5.74, 6) is -0.0688. The number of nitrogens with zero attached hydrogens (tertiary/aromatic N) is 2. The van der Waals surface area contributed by atoms with Gasteiger partial charge in [0.2, 0.25) is 11.8 Å². The van der Waals surface area contributed by atoms with Crippen molar-refractivity contribution in [3.8, 4) is 5.88 Å². The number of halogens is 2. The van der Waals surface area contributed by atoms with Crippen LogP contribution in [0.3, 0.4) is 0 Å². The van der Waals surface area contributed by atoms with Crippen LogP contribution in [0.1, 0.15) is 40.2 Å². The minimum atomic E-state index is -0.996. The minimum absolute atomic E-state index is 0.0790. The highest BCUT2D eigenvalue weighted by molar-refractivity contribution is 9.10. The number of carbonyl (C=O) groups excluding carboxylic acids is 2. The number of rotatable bonds is 8. The fourth-order valence-electron chi connectivity index (χ4n) is 4.21. The molecule has 0 spiro atoms. The van der Waals surface area contributed by atoms with E-state index in [0.717, 1.165) is 27.9 Å². The standard InChI is InChI=1S/C23H26BrFN4O4S/c24-13-8-19-23(26-11-13)33-7-5-29(19)12-15-3-4-20(34-15)22(31)28-18(9-14-2-1-6-32-14)21(30)27-17-10-16(17)25/h3-4,8,11,14,16-18H,1-2,5-7,9-10,12H2,(H,27,30)(H,28,31)/t14?,16-,17-,18+/m1/s1. The van der Waals surface area contributed by atoms with Crippen LogP contribution in [-0.2, 0) is 16.1 Å². The quantitative estimate of drug-likeness (QED) is 0.522. The maximum Gasteiger partial charge on any atom is 0.262 e. The molecule has 182 valence electrons. The van der Waals surface area contributed by atoms with E-state index in [2.05, 4.69) is 36.4 Å². The molecule has 11 heteroatoms. The Kier molecular flexibility index (Phi) is 7.03. The molecule has 0 bridgehead atoms. The maximum atomic E-state index is 13.3. The number of alkyl halides is 1. The molecule has 4 heterocycles. The van der Waals surface area contributed by atoms with Crippen LogP contribution in [-0.4, -0.2) is 60.9 Å². The first-order valence-corrected chi connectivity index (χ1v) is 13.1. The molecule has 8 nitrogen and oxygen atoms in total. The number of aromatic nitrogens is 1. The largest absolute Gasteiger partial charge is 0.474 e. The van der Waals surface area contributed by atoms with E-state index in [-0.39, 0.29) is 17.9 Å². The van der Waals surface area contributed by atoms with Crippen LogP contribution in [0.2, 0.25) is 0 Å². The summed E-state index contributed by atoms with van der Waals surface area (Å²) in [5, 5.41) is 5.55. The Morgan fingerprint density at radius 3 is 2.97 bits per heavy atom. The topological polar surface area (TPSA) is 92.8 Å². The Bertz CT molecular complexity index is 1060. The van der Waals surface area contributed by atoms with Crippen LogP contribution in [0.25, 0.3) is 0 Å². The first kappa shape index (κ1) is 23.5. The number of anilines is 1. The summed E-state index contributed by atoms with van der Waals surface area (Å²) >= 11 is 4.84. The lowest BCUT2D eigenvalue weighted by Crippen LogP contribution is -2.49. The van der Waals surface area contributed by atoms with Crippen molar-refractivity contribution in [2.75, 3.05) is 24.7 Å². The van der Waals surface area contributed by atoms with Gasteiger partial charge >= 0.3 is 0 Å². The normalized spacial score (nSPS) is 24.2. The van der Waals surface area contributed by atoms with Gasteiger partial charge < -0.3 is 25.0 Å². The zero-order valence-corrected chi connectivity index (χ0v) is 20.9. The molecule has 34 heavy (non-hydrogen) atoms.